The van der Waals surface area contributed by atoms with Gasteiger partial charge in [-0.05, 0) is 53.1 Å². The third kappa shape index (κ3) is 4.00. The van der Waals surface area contributed by atoms with Crippen LogP contribution in [-0.2, 0) is 0 Å². The van der Waals surface area contributed by atoms with Gasteiger partial charge in [0, 0.05) is 39.9 Å². The van der Waals surface area contributed by atoms with Crippen LogP contribution in [0.25, 0.3) is 66.6 Å². The number of benzene rings is 4. The predicted molar refractivity (Wildman–Crippen MR) is 157 cm³/mol. The summed E-state index contributed by atoms with van der Waals surface area (Å²) < 4.78 is 0. The highest BCUT2D eigenvalue weighted by atomic mass is 14.7. The largest absolute Gasteiger partial charge is 0.256 e. The Bertz CT molecular complexity index is 1890. The third-order valence-corrected chi connectivity index (χ3v) is 6.98. The molecule has 38 heavy (non-hydrogen) atoms. The summed E-state index contributed by atoms with van der Waals surface area (Å²) in [5, 5.41) is 2.21. The molecule has 0 aliphatic rings. The molecule has 0 aliphatic heterocycles. The molecule has 0 fully saturated rings. The lowest BCUT2D eigenvalue weighted by Crippen LogP contribution is -1.92. The van der Waals surface area contributed by atoms with E-state index in [0.29, 0.717) is 0 Å². The van der Waals surface area contributed by atoms with E-state index in [4.69, 9.17) is 9.97 Å². The van der Waals surface area contributed by atoms with Crippen LogP contribution in [0.5, 0.6) is 0 Å². The number of hydrogen-bond donors (Lipinski definition) is 0. The van der Waals surface area contributed by atoms with Gasteiger partial charge in [-0.2, -0.15) is 0 Å². The SMILES string of the molecule is c1ccc(-c2ccc3nc(-c4ccccc4)cc(-c4ccc(-c5ccnc6ccccc56)nc4)c3c2)cc1. The van der Waals surface area contributed by atoms with Crippen LogP contribution in [0.4, 0.5) is 0 Å². The summed E-state index contributed by atoms with van der Waals surface area (Å²) >= 11 is 0. The van der Waals surface area contributed by atoms with Crippen LogP contribution < -0.4 is 0 Å². The maximum Gasteiger partial charge on any atom is 0.0716 e. The summed E-state index contributed by atoms with van der Waals surface area (Å²) in [5.74, 6) is 0. The van der Waals surface area contributed by atoms with Crippen molar-refractivity contribution in [3.63, 3.8) is 0 Å². The van der Waals surface area contributed by atoms with Gasteiger partial charge >= 0.3 is 0 Å². The Labute approximate surface area is 221 Å². The zero-order chi connectivity index (χ0) is 25.3. The Morgan fingerprint density at radius 3 is 1.92 bits per heavy atom. The van der Waals surface area contributed by atoms with E-state index in [1.165, 1.54) is 11.1 Å². The van der Waals surface area contributed by atoms with Crippen molar-refractivity contribution in [3.05, 3.63) is 140 Å². The van der Waals surface area contributed by atoms with E-state index in [-0.39, 0.29) is 0 Å². The first-order valence-corrected chi connectivity index (χ1v) is 12.7. The Morgan fingerprint density at radius 1 is 0.395 bits per heavy atom. The van der Waals surface area contributed by atoms with Crippen LogP contribution in [0.3, 0.4) is 0 Å². The molecule has 0 spiro atoms. The molecule has 7 aromatic rings. The zero-order valence-electron chi connectivity index (χ0n) is 20.6. The predicted octanol–water partition coefficient (Wildman–Crippen LogP) is 8.85. The number of pyridine rings is 3. The Kier molecular flexibility index (Phi) is 5.45. The standard InChI is InChI=1S/C35H23N3/c1-3-9-24(10-4-1)26-15-18-34-31(21-26)30(22-35(38-34)25-11-5-2-6-12-25)27-16-17-33(37-23-27)29-19-20-36-32-14-8-7-13-28(29)32/h1-23H. The molecule has 3 heterocycles. The molecule has 0 saturated carbocycles. The highest BCUT2D eigenvalue weighted by Gasteiger charge is 2.13. The van der Waals surface area contributed by atoms with Crippen molar-refractivity contribution in [2.45, 2.75) is 0 Å². The molecular weight excluding hydrogens is 462 g/mol. The van der Waals surface area contributed by atoms with Crippen LogP contribution in [0.1, 0.15) is 0 Å². The maximum absolute atomic E-state index is 5.04. The van der Waals surface area contributed by atoms with Crippen molar-refractivity contribution in [2.75, 3.05) is 0 Å². The summed E-state index contributed by atoms with van der Waals surface area (Å²) in [5.41, 5.74) is 10.5. The number of fused-ring (bicyclic) bond motifs is 2. The van der Waals surface area contributed by atoms with E-state index >= 15 is 0 Å². The van der Waals surface area contributed by atoms with Crippen molar-refractivity contribution in [3.8, 4) is 44.8 Å². The van der Waals surface area contributed by atoms with Gasteiger partial charge in [0.1, 0.15) is 0 Å². The first-order valence-electron chi connectivity index (χ1n) is 12.7. The lowest BCUT2D eigenvalue weighted by molar-refractivity contribution is 1.32. The molecule has 3 heteroatoms. The van der Waals surface area contributed by atoms with E-state index in [0.717, 1.165) is 55.4 Å². The van der Waals surface area contributed by atoms with Gasteiger partial charge in [0.2, 0.25) is 0 Å². The van der Waals surface area contributed by atoms with Crippen molar-refractivity contribution in [1.29, 1.82) is 0 Å². The summed E-state index contributed by atoms with van der Waals surface area (Å²) in [6, 6.07) is 44.0. The topological polar surface area (TPSA) is 38.7 Å². The molecule has 178 valence electrons. The third-order valence-electron chi connectivity index (χ3n) is 6.98. The highest BCUT2D eigenvalue weighted by Crippen LogP contribution is 2.35. The summed E-state index contributed by atoms with van der Waals surface area (Å²) in [6.45, 7) is 0. The minimum absolute atomic E-state index is 0.930. The lowest BCUT2D eigenvalue weighted by atomic mass is 9.95. The molecule has 0 N–H and O–H groups in total. The number of hydrogen-bond acceptors (Lipinski definition) is 3. The van der Waals surface area contributed by atoms with Gasteiger partial charge in [0.15, 0.2) is 0 Å². The van der Waals surface area contributed by atoms with Gasteiger partial charge in [-0.25, -0.2) is 4.98 Å². The van der Waals surface area contributed by atoms with E-state index < -0.39 is 0 Å². The minimum atomic E-state index is 0.930. The van der Waals surface area contributed by atoms with Crippen LogP contribution >= 0.6 is 0 Å². The van der Waals surface area contributed by atoms with Crippen LogP contribution in [0.2, 0.25) is 0 Å². The molecule has 0 amide bonds. The molecule has 0 bridgehead atoms. The molecular formula is C35H23N3. The van der Waals surface area contributed by atoms with Gasteiger partial charge in [-0.1, -0.05) is 91.0 Å². The minimum Gasteiger partial charge on any atom is -0.256 e. The van der Waals surface area contributed by atoms with Crippen LogP contribution in [-0.4, -0.2) is 15.0 Å². The number of nitrogens with zero attached hydrogens (tertiary/aromatic N) is 3. The maximum atomic E-state index is 5.04. The number of aromatic nitrogens is 3. The fourth-order valence-electron chi connectivity index (χ4n) is 5.06. The molecule has 0 atom stereocenters. The van der Waals surface area contributed by atoms with E-state index in [9.17, 15) is 0 Å². The monoisotopic (exact) mass is 485 g/mol. The van der Waals surface area contributed by atoms with Gasteiger partial charge in [-0.3, -0.25) is 9.97 Å². The van der Waals surface area contributed by atoms with Crippen molar-refractivity contribution >= 4 is 21.8 Å². The molecule has 3 nitrogen and oxygen atoms in total. The quantitative estimate of drug-likeness (QED) is 0.250. The van der Waals surface area contributed by atoms with Gasteiger partial charge in [0.05, 0.1) is 22.4 Å². The normalized spacial score (nSPS) is 11.2. The molecule has 7 rings (SSSR count). The van der Waals surface area contributed by atoms with Crippen molar-refractivity contribution in [1.82, 2.24) is 15.0 Å². The second-order valence-corrected chi connectivity index (χ2v) is 9.33. The Balaban J connectivity index is 1.40. The zero-order valence-corrected chi connectivity index (χ0v) is 20.6. The van der Waals surface area contributed by atoms with Crippen LogP contribution in [0.15, 0.2) is 140 Å². The second-order valence-electron chi connectivity index (χ2n) is 9.33. The first kappa shape index (κ1) is 22.1. The molecule has 0 saturated heterocycles. The average molecular weight is 486 g/mol. The summed E-state index contributed by atoms with van der Waals surface area (Å²) in [6.07, 6.45) is 3.82. The fraction of sp³-hybridized carbons (Fsp3) is 0. The molecule has 0 aliphatic carbocycles. The van der Waals surface area contributed by atoms with Crippen molar-refractivity contribution in [2.24, 2.45) is 0 Å². The molecule has 0 radical (unpaired) electrons. The molecule has 4 aromatic carbocycles. The average Bonchev–Trinajstić information content (AvgIpc) is 3.01. The van der Waals surface area contributed by atoms with Crippen LogP contribution in [0, 0.1) is 0 Å². The second kappa shape index (κ2) is 9.38. The Hall–Kier alpha value is -5.15. The summed E-state index contributed by atoms with van der Waals surface area (Å²) in [4.78, 5) is 14.5. The fourth-order valence-corrected chi connectivity index (χ4v) is 5.06. The van der Waals surface area contributed by atoms with Crippen molar-refractivity contribution < 1.29 is 0 Å². The number of para-hydroxylation sites is 1. The highest BCUT2D eigenvalue weighted by molar-refractivity contribution is 5.99. The lowest BCUT2D eigenvalue weighted by Gasteiger charge is -2.13. The molecule has 3 aromatic heterocycles. The van der Waals surface area contributed by atoms with E-state index in [1.54, 1.807) is 0 Å². The Morgan fingerprint density at radius 2 is 1.13 bits per heavy atom. The first-order chi connectivity index (χ1) is 18.8. The van der Waals surface area contributed by atoms with Gasteiger partial charge < -0.3 is 0 Å². The molecule has 0 unspecified atom stereocenters. The van der Waals surface area contributed by atoms with Gasteiger partial charge in [-0.15, -0.1) is 0 Å². The number of rotatable bonds is 4. The van der Waals surface area contributed by atoms with E-state index in [2.05, 4.69) is 96.0 Å². The smallest absolute Gasteiger partial charge is 0.0716 e. The van der Waals surface area contributed by atoms with E-state index in [1.807, 2.05) is 48.8 Å². The summed E-state index contributed by atoms with van der Waals surface area (Å²) in [7, 11) is 0. The van der Waals surface area contributed by atoms with Gasteiger partial charge in [0.25, 0.3) is 0 Å².